The van der Waals surface area contributed by atoms with Crippen molar-refractivity contribution in [1.82, 2.24) is 0 Å². The summed E-state index contributed by atoms with van der Waals surface area (Å²) in [6.07, 6.45) is 0. The standard InChI is InChI=1S/C24H18ClNO4/c1-14-20-13-18(26-24(28)16-3-7-17(25)8-4-16)9-12-21(20)30-23(14)22(27)15-5-10-19(29-2)11-6-15/h3-13H,1-2H3,(H,26,28). The number of benzene rings is 3. The topological polar surface area (TPSA) is 68.5 Å². The molecule has 1 N–H and O–H groups in total. The van der Waals surface area contributed by atoms with E-state index in [0.717, 1.165) is 5.39 Å². The quantitative estimate of drug-likeness (QED) is 0.410. The van der Waals surface area contributed by atoms with Crippen molar-refractivity contribution in [2.75, 3.05) is 12.4 Å². The van der Waals surface area contributed by atoms with Gasteiger partial charge in [-0.25, -0.2) is 0 Å². The molecule has 5 nitrogen and oxygen atoms in total. The second kappa shape index (κ2) is 8.05. The normalized spacial score (nSPS) is 10.8. The minimum Gasteiger partial charge on any atom is -0.497 e. The lowest BCUT2D eigenvalue weighted by Gasteiger charge is -2.05. The predicted molar refractivity (Wildman–Crippen MR) is 117 cm³/mol. The number of anilines is 1. The molecular weight excluding hydrogens is 402 g/mol. The van der Waals surface area contributed by atoms with Crippen molar-refractivity contribution in [3.05, 3.63) is 94.2 Å². The van der Waals surface area contributed by atoms with Crippen molar-refractivity contribution < 1.29 is 18.7 Å². The number of fused-ring (bicyclic) bond motifs is 1. The maximum Gasteiger partial charge on any atom is 0.255 e. The summed E-state index contributed by atoms with van der Waals surface area (Å²) in [5.41, 5.74) is 2.91. The molecule has 0 aliphatic rings. The summed E-state index contributed by atoms with van der Waals surface area (Å²) in [6, 6.07) is 18.8. The lowest BCUT2D eigenvalue weighted by molar-refractivity contribution is 0.101. The maximum absolute atomic E-state index is 12.9. The molecule has 30 heavy (non-hydrogen) atoms. The van der Waals surface area contributed by atoms with Crippen LogP contribution in [-0.2, 0) is 0 Å². The smallest absolute Gasteiger partial charge is 0.255 e. The largest absolute Gasteiger partial charge is 0.497 e. The van der Waals surface area contributed by atoms with E-state index in [2.05, 4.69) is 5.32 Å². The van der Waals surface area contributed by atoms with Gasteiger partial charge in [-0.15, -0.1) is 0 Å². The Bertz CT molecular complexity index is 1240. The van der Waals surface area contributed by atoms with E-state index in [1.165, 1.54) is 0 Å². The number of nitrogens with one attached hydrogen (secondary N) is 1. The van der Waals surface area contributed by atoms with Crippen molar-refractivity contribution in [2.24, 2.45) is 0 Å². The van der Waals surface area contributed by atoms with E-state index in [1.54, 1.807) is 73.8 Å². The highest BCUT2D eigenvalue weighted by Crippen LogP contribution is 2.30. The number of hydrogen-bond donors (Lipinski definition) is 1. The van der Waals surface area contributed by atoms with Crippen LogP contribution in [0.5, 0.6) is 5.75 Å². The molecule has 3 aromatic carbocycles. The number of methoxy groups -OCH3 is 1. The minimum absolute atomic E-state index is 0.210. The van der Waals surface area contributed by atoms with Crippen molar-refractivity contribution in [1.29, 1.82) is 0 Å². The van der Waals surface area contributed by atoms with Crippen molar-refractivity contribution in [3.8, 4) is 5.75 Å². The third kappa shape index (κ3) is 3.80. The molecule has 4 rings (SSSR count). The first-order valence-corrected chi connectivity index (χ1v) is 9.63. The van der Waals surface area contributed by atoms with Crippen LogP contribution in [0.2, 0.25) is 5.02 Å². The molecule has 1 heterocycles. The van der Waals surface area contributed by atoms with E-state index in [9.17, 15) is 9.59 Å². The highest BCUT2D eigenvalue weighted by Gasteiger charge is 2.20. The number of furan rings is 1. The van der Waals surface area contributed by atoms with Gasteiger partial charge in [0.15, 0.2) is 5.76 Å². The van der Waals surface area contributed by atoms with Crippen LogP contribution in [-0.4, -0.2) is 18.8 Å². The monoisotopic (exact) mass is 419 g/mol. The van der Waals surface area contributed by atoms with E-state index in [0.29, 0.717) is 38.7 Å². The van der Waals surface area contributed by atoms with Crippen LogP contribution < -0.4 is 10.1 Å². The Balaban J connectivity index is 1.62. The van der Waals surface area contributed by atoms with Gasteiger partial charge in [-0.3, -0.25) is 9.59 Å². The zero-order valence-corrected chi connectivity index (χ0v) is 17.1. The van der Waals surface area contributed by atoms with Crippen LogP contribution >= 0.6 is 11.6 Å². The summed E-state index contributed by atoms with van der Waals surface area (Å²) >= 11 is 5.87. The molecule has 1 aromatic heterocycles. The van der Waals surface area contributed by atoms with Gasteiger partial charge in [0.05, 0.1) is 7.11 Å². The molecule has 4 aromatic rings. The fourth-order valence-corrected chi connectivity index (χ4v) is 3.32. The fourth-order valence-electron chi connectivity index (χ4n) is 3.19. The molecule has 0 saturated heterocycles. The highest BCUT2D eigenvalue weighted by molar-refractivity contribution is 6.30. The number of ketones is 1. The highest BCUT2D eigenvalue weighted by atomic mass is 35.5. The second-order valence-corrected chi connectivity index (χ2v) is 7.22. The number of aryl methyl sites for hydroxylation is 1. The van der Waals surface area contributed by atoms with Crippen molar-refractivity contribution in [2.45, 2.75) is 6.92 Å². The summed E-state index contributed by atoms with van der Waals surface area (Å²) < 4.78 is 11.0. The average Bonchev–Trinajstić information content (AvgIpc) is 3.09. The molecule has 0 radical (unpaired) electrons. The van der Waals surface area contributed by atoms with Gasteiger partial charge in [0.1, 0.15) is 11.3 Å². The molecular formula is C24H18ClNO4. The summed E-state index contributed by atoms with van der Waals surface area (Å²) in [4.78, 5) is 25.4. The van der Waals surface area contributed by atoms with Gasteiger partial charge >= 0.3 is 0 Å². The summed E-state index contributed by atoms with van der Waals surface area (Å²) in [7, 11) is 1.57. The number of halogens is 1. The second-order valence-electron chi connectivity index (χ2n) is 6.79. The molecule has 0 unspecified atom stereocenters. The van der Waals surface area contributed by atoms with Crippen LogP contribution in [0.3, 0.4) is 0 Å². The summed E-state index contributed by atoms with van der Waals surface area (Å²) in [6.45, 7) is 1.83. The number of amides is 1. The molecule has 0 atom stereocenters. The van der Waals surface area contributed by atoms with Crippen molar-refractivity contribution in [3.63, 3.8) is 0 Å². The Kier molecular flexibility index (Phi) is 5.29. The zero-order chi connectivity index (χ0) is 21.3. The van der Waals surface area contributed by atoms with Crippen LogP contribution in [0.25, 0.3) is 11.0 Å². The van der Waals surface area contributed by atoms with Gasteiger partial charge in [0, 0.05) is 32.8 Å². The van der Waals surface area contributed by atoms with Gasteiger partial charge in [-0.05, 0) is 73.7 Å². The Morgan fingerprint density at radius 2 is 1.60 bits per heavy atom. The van der Waals surface area contributed by atoms with E-state index in [-0.39, 0.29) is 17.5 Å². The first-order chi connectivity index (χ1) is 14.5. The average molecular weight is 420 g/mol. The number of carbonyl (C=O) groups is 2. The minimum atomic E-state index is -0.248. The van der Waals surface area contributed by atoms with Crippen molar-refractivity contribution >= 4 is 39.9 Å². The predicted octanol–water partition coefficient (Wildman–Crippen LogP) is 5.89. The molecule has 150 valence electrons. The zero-order valence-electron chi connectivity index (χ0n) is 16.4. The Morgan fingerprint density at radius 3 is 2.27 bits per heavy atom. The SMILES string of the molecule is COc1ccc(C(=O)c2oc3ccc(NC(=O)c4ccc(Cl)cc4)cc3c2C)cc1. The summed E-state index contributed by atoms with van der Waals surface area (Å²) in [5, 5.41) is 4.19. The van der Waals surface area contributed by atoms with Gasteiger partial charge < -0.3 is 14.5 Å². The number of rotatable bonds is 5. The van der Waals surface area contributed by atoms with Crippen LogP contribution in [0.1, 0.15) is 32.0 Å². The lowest BCUT2D eigenvalue weighted by atomic mass is 10.0. The number of ether oxygens (including phenoxy) is 1. The number of carbonyl (C=O) groups excluding carboxylic acids is 2. The molecule has 0 aliphatic heterocycles. The van der Waals surface area contributed by atoms with Gasteiger partial charge in [0.25, 0.3) is 5.91 Å². The van der Waals surface area contributed by atoms with Crippen LogP contribution in [0.15, 0.2) is 71.1 Å². The maximum atomic E-state index is 12.9. The molecule has 0 fully saturated rings. The molecule has 0 saturated carbocycles. The van der Waals surface area contributed by atoms with Crippen LogP contribution in [0, 0.1) is 6.92 Å². The third-order valence-corrected chi connectivity index (χ3v) is 5.11. The van der Waals surface area contributed by atoms with Gasteiger partial charge in [0.2, 0.25) is 5.78 Å². The van der Waals surface area contributed by atoms with E-state index < -0.39 is 0 Å². The Hall–Kier alpha value is -3.57. The fraction of sp³-hybridized carbons (Fsp3) is 0.0833. The molecule has 1 amide bonds. The molecule has 0 bridgehead atoms. The lowest BCUT2D eigenvalue weighted by Crippen LogP contribution is -2.11. The van der Waals surface area contributed by atoms with E-state index in [4.69, 9.17) is 20.8 Å². The molecule has 0 aliphatic carbocycles. The molecule has 0 spiro atoms. The van der Waals surface area contributed by atoms with E-state index in [1.807, 2.05) is 6.92 Å². The third-order valence-electron chi connectivity index (χ3n) is 4.86. The van der Waals surface area contributed by atoms with Gasteiger partial charge in [-0.2, -0.15) is 0 Å². The molecule has 6 heteroatoms. The van der Waals surface area contributed by atoms with Gasteiger partial charge in [-0.1, -0.05) is 11.6 Å². The van der Waals surface area contributed by atoms with E-state index >= 15 is 0 Å². The first kappa shape index (κ1) is 19.7. The number of hydrogen-bond acceptors (Lipinski definition) is 4. The Labute approximate surface area is 178 Å². The first-order valence-electron chi connectivity index (χ1n) is 9.25. The Morgan fingerprint density at radius 1 is 0.933 bits per heavy atom. The van der Waals surface area contributed by atoms with Crippen LogP contribution in [0.4, 0.5) is 5.69 Å². The summed E-state index contributed by atoms with van der Waals surface area (Å²) in [5.74, 6) is 0.491.